The van der Waals surface area contributed by atoms with Gasteiger partial charge in [0, 0.05) is 18.9 Å². The number of carbonyl (C=O) groups excluding carboxylic acids is 4. The molecular formula is C28H44N6O7. The van der Waals surface area contributed by atoms with Crippen LogP contribution in [0.2, 0.25) is 0 Å². The van der Waals surface area contributed by atoms with E-state index in [-0.39, 0.29) is 37.7 Å². The molecular weight excluding hydrogens is 532 g/mol. The summed E-state index contributed by atoms with van der Waals surface area (Å²) in [6.45, 7) is 6.27. The van der Waals surface area contributed by atoms with E-state index in [1.54, 1.807) is 36.7 Å². The molecule has 2 aliphatic rings. The van der Waals surface area contributed by atoms with Crippen LogP contribution in [0, 0.1) is 23.2 Å². The van der Waals surface area contributed by atoms with Crippen LogP contribution in [0.25, 0.3) is 0 Å². The van der Waals surface area contributed by atoms with E-state index in [1.165, 1.54) is 0 Å². The molecule has 0 fully saturated rings. The Bertz CT molecular complexity index is 1030. The fraction of sp³-hybridized carbons (Fsp3) is 0.607. The molecule has 0 aliphatic carbocycles. The first-order valence-electron chi connectivity index (χ1n) is 14.1. The Morgan fingerprint density at radius 1 is 1.22 bits per heavy atom. The molecule has 3 rings (SSSR count). The van der Waals surface area contributed by atoms with Crippen LogP contribution in [0.5, 0.6) is 5.75 Å². The first-order chi connectivity index (χ1) is 19.5. The van der Waals surface area contributed by atoms with Gasteiger partial charge in [0.25, 0.3) is 0 Å². The van der Waals surface area contributed by atoms with Gasteiger partial charge in [-0.15, -0.1) is 0 Å². The largest absolute Gasteiger partial charge is 0.494 e. The van der Waals surface area contributed by atoms with Gasteiger partial charge in [-0.3, -0.25) is 25.0 Å². The third-order valence-electron chi connectivity index (χ3n) is 6.79. The number of nitrogens with one attached hydrogen (secondary N) is 5. The fourth-order valence-electron chi connectivity index (χ4n) is 4.79. The molecule has 8 N–H and O–H groups in total. The van der Waals surface area contributed by atoms with Gasteiger partial charge in [0.15, 0.2) is 5.96 Å². The van der Waals surface area contributed by atoms with E-state index in [0.717, 1.165) is 5.56 Å². The Hall–Kier alpha value is -3.87. The molecule has 1 aromatic rings. The van der Waals surface area contributed by atoms with Crippen LogP contribution in [-0.2, 0) is 30.3 Å². The molecule has 3 amide bonds. The zero-order chi connectivity index (χ0) is 30.4. The third-order valence-corrected chi connectivity index (χ3v) is 6.79. The van der Waals surface area contributed by atoms with E-state index < -0.39 is 47.6 Å². The maximum atomic E-state index is 13.7. The van der Waals surface area contributed by atoms with E-state index in [4.69, 9.17) is 20.6 Å². The average molecular weight is 577 g/mol. The number of rotatable bonds is 11. The van der Waals surface area contributed by atoms with Gasteiger partial charge in [-0.1, -0.05) is 26.0 Å². The number of fused-ring (bicyclic) bond motifs is 11. The van der Waals surface area contributed by atoms with Gasteiger partial charge in [-0.25, -0.2) is 10.3 Å². The second-order valence-corrected chi connectivity index (χ2v) is 10.5. The number of hydrogen-bond acceptors (Lipinski definition) is 8. The van der Waals surface area contributed by atoms with E-state index >= 15 is 0 Å². The summed E-state index contributed by atoms with van der Waals surface area (Å²) in [7, 11) is 0. The Morgan fingerprint density at radius 2 is 1.93 bits per heavy atom. The Kier molecular flexibility index (Phi) is 13.9. The number of hydroxylamine groups is 1. The van der Waals surface area contributed by atoms with E-state index in [2.05, 4.69) is 16.0 Å². The minimum absolute atomic E-state index is 0.0470. The molecule has 0 aromatic heterocycles. The smallest absolute Gasteiger partial charge is 0.328 e. The van der Waals surface area contributed by atoms with Crippen LogP contribution in [-0.4, -0.2) is 66.7 Å². The van der Waals surface area contributed by atoms with Crippen molar-refractivity contribution in [2.75, 3.05) is 19.8 Å². The van der Waals surface area contributed by atoms with Crippen molar-refractivity contribution in [3.63, 3.8) is 0 Å². The number of benzene rings is 1. The van der Waals surface area contributed by atoms with Gasteiger partial charge in [0.05, 0.1) is 19.1 Å². The lowest BCUT2D eigenvalue weighted by molar-refractivity contribution is -0.148. The molecule has 0 spiro atoms. The maximum Gasteiger partial charge on any atom is 0.328 e. The normalized spacial score (nSPS) is 20.1. The summed E-state index contributed by atoms with van der Waals surface area (Å²) in [5.74, 6) is -3.58. The first-order valence-corrected chi connectivity index (χ1v) is 14.1. The molecule has 2 bridgehead atoms. The van der Waals surface area contributed by atoms with Crippen molar-refractivity contribution in [3.05, 3.63) is 29.8 Å². The minimum atomic E-state index is -1.07. The molecule has 0 saturated carbocycles. The zero-order valence-electron chi connectivity index (χ0n) is 24.0. The molecule has 2 heterocycles. The predicted octanol–water partition coefficient (Wildman–Crippen LogP) is 0.982. The van der Waals surface area contributed by atoms with Crippen molar-refractivity contribution < 1.29 is 33.9 Å². The van der Waals surface area contributed by atoms with Gasteiger partial charge in [-0.2, -0.15) is 0 Å². The standard InChI is InChI=1S/C28H44N6O7/c1-4-40-27(38)22(8-5-13-31-28(29)30)32-26(37)23-16-18-9-11-19(12-10-18)41-14-6-7-20(25(36)34-39)21(15-17(2)3)24(35)33-23/h9-12,17,20-23,39H,4-8,13-16H2,1-3H3,(H,32,37)(H,33,35)(H,34,36)(H4,29,30,31)/t20?,21-,22+,23+/m1/s1. The summed E-state index contributed by atoms with van der Waals surface area (Å²) >= 11 is 0. The number of ether oxygens (including phenoxy) is 2. The minimum Gasteiger partial charge on any atom is -0.494 e. The molecule has 13 heteroatoms. The lowest BCUT2D eigenvalue weighted by atomic mass is 9.81. The quantitative estimate of drug-likeness (QED) is 0.0500. The van der Waals surface area contributed by atoms with Gasteiger partial charge < -0.3 is 31.2 Å². The van der Waals surface area contributed by atoms with Crippen molar-refractivity contribution in [1.29, 1.82) is 5.41 Å². The van der Waals surface area contributed by atoms with Crippen molar-refractivity contribution >= 4 is 29.7 Å². The Labute approximate surface area is 240 Å². The number of amides is 3. The van der Waals surface area contributed by atoms with Crippen LogP contribution in [0.3, 0.4) is 0 Å². The maximum absolute atomic E-state index is 13.7. The molecule has 2 aliphatic heterocycles. The molecule has 228 valence electrons. The van der Waals surface area contributed by atoms with Gasteiger partial charge in [-0.05, 0) is 62.6 Å². The predicted molar refractivity (Wildman–Crippen MR) is 151 cm³/mol. The highest BCUT2D eigenvalue weighted by molar-refractivity contribution is 5.93. The van der Waals surface area contributed by atoms with Crippen molar-refractivity contribution in [1.82, 2.24) is 21.4 Å². The lowest BCUT2D eigenvalue weighted by Gasteiger charge is -2.29. The Balaban J connectivity index is 2.37. The Morgan fingerprint density at radius 3 is 2.54 bits per heavy atom. The summed E-state index contributed by atoms with van der Waals surface area (Å²) in [6, 6.07) is 5.07. The monoisotopic (exact) mass is 576 g/mol. The topological polar surface area (TPSA) is 205 Å². The molecule has 4 atom stereocenters. The summed E-state index contributed by atoms with van der Waals surface area (Å²) in [4.78, 5) is 52.6. The lowest BCUT2D eigenvalue weighted by Crippen LogP contribution is -2.55. The van der Waals surface area contributed by atoms with Crippen LogP contribution < -0.4 is 31.9 Å². The number of hydrogen-bond donors (Lipinski definition) is 7. The van der Waals surface area contributed by atoms with Crippen LogP contribution in [0.1, 0.15) is 58.4 Å². The van der Waals surface area contributed by atoms with Crippen LogP contribution in [0.4, 0.5) is 0 Å². The van der Waals surface area contributed by atoms with Gasteiger partial charge in [0.1, 0.15) is 17.8 Å². The van der Waals surface area contributed by atoms with E-state index in [0.29, 0.717) is 38.2 Å². The highest BCUT2D eigenvalue weighted by Crippen LogP contribution is 2.27. The van der Waals surface area contributed by atoms with Gasteiger partial charge >= 0.3 is 5.97 Å². The summed E-state index contributed by atoms with van der Waals surface area (Å²) in [5, 5.41) is 24.9. The van der Waals surface area contributed by atoms with Crippen molar-refractivity contribution in [3.8, 4) is 5.75 Å². The van der Waals surface area contributed by atoms with Crippen LogP contribution in [0.15, 0.2) is 24.3 Å². The molecule has 1 aromatic carbocycles. The highest BCUT2D eigenvalue weighted by Gasteiger charge is 2.36. The summed E-state index contributed by atoms with van der Waals surface area (Å²) in [6.07, 6.45) is 1.84. The van der Waals surface area contributed by atoms with Crippen LogP contribution >= 0.6 is 0 Å². The highest BCUT2D eigenvalue weighted by atomic mass is 16.5. The van der Waals surface area contributed by atoms with E-state index in [9.17, 15) is 24.4 Å². The summed E-state index contributed by atoms with van der Waals surface area (Å²) < 4.78 is 10.9. The van der Waals surface area contributed by atoms with Gasteiger partial charge in [0.2, 0.25) is 17.7 Å². The van der Waals surface area contributed by atoms with E-state index in [1.807, 2.05) is 13.8 Å². The molecule has 0 radical (unpaired) electrons. The second kappa shape index (κ2) is 17.1. The van der Waals surface area contributed by atoms with Crippen molar-refractivity contribution in [2.45, 2.75) is 71.4 Å². The molecule has 0 saturated heterocycles. The number of carbonyl (C=O) groups is 4. The zero-order valence-corrected chi connectivity index (χ0v) is 24.0. The summed E-state index contributed by atoms with van der Waals surface area (Å²) in [5.41, 5.74) is 7.75. The molecule has 41 heavy (non-hydrogen) atoms. The second-order valence-electron chi connectivity index (χ2n) is 10.5. The van der Waals surface area contributed by atoms with Crippen molar-refractivity contribution in [2.24, 2.45) is 23.5 Å². The first kappa shape index (κ1) is 33.3. The average Bonchev–Trinajstić information content (AvgIpc) is 2.93. The number of nitrogens with two attached hydrogens (primary N) is 1. The SMILES string of the molecule is CCOC(=O)[C@H](CCCNC(=N)N)NC(=O)[C@@H]1Cc2ccc(cc2)OCCCC(C(=O)NO)[C@@H](CC(C)C)C(=O)N1. The number of esters is 1. The fourth-order valence-corrected chi connectivity index (χ4v) is 4.79. The third kappa shape index (κ3) is 11.3. The number of guanidine groups is 1. The molecule has 13 nitrogen and oxygen atoms in total. The molecule has 1 unspecified atom stereocenters.